The van der Waals surface area contributed by atoms with Gasteiger partial charge in [-0.05, 0) is 42.3 Å². The van der Waals surface area contributed by atoms with Crippen LogP contribution in [-0.2, 0) is 11.2 Å². The number of hydrogen-bond acceptors (Lipinski definition) is 3. The van der Waals surface area contributed by atoms with E-state index < -0.39 is 0 Å². The van der Waals surface area contributed by atoms with Gasteiger partial charge < -0.3 is 19.8 Å². The summed E-state index contributed by atoms with van der Waals surface area (Å²) in [5, 5.41) is 3.94. The molecule has 0 bridgehead atoms. The Balaban J connectivity index is 1.55. The van der Waals surface area contributed by atoms with Gasteiger partial charge in [0.05, 0.1) is 0 Å². The maximum Gasteiger partial charge on any atom is 0.216 e. The van der Waals surface area contributed by atoms with Crippen molar-refractivity contribution in [3.8, 4) is 11.5 Å². The quantitative estimate of drug-likeness (QED) is 0.620. The Bertz CT molecular complexity index is 827. The Hall–Kier alpha value is -2.95. The summed E-state index contributed by atoms with van der Waals surface area (Å²) in [4.78, 5) is 14.2. The number of nitrogens with one attached hydrogen (secondary N) is 2. The third-order valence-corrected chi connectivity index (χ3v) is 3.87. The van der Waals surface area contributed by atoms with Gasteiger partial charge in [0.2, 0.25) is 5.91 Å². The molecule has 1 amide bonds. The second kappa shape index (κ2) is 8.24. The Morgan fingerprint density at radius 1 is 1.04 bits per heavy atom. The third kappa shape index (κ3) is 4.76. The number of aromatic amines is 1. The number of H-pyrrole nitrogens is 1. The summed E-state index contributed by atoms with van der Waals surface area (Å²) in [6.07, 6.45) is 2.76. The maximum absolute atomic E-state index is 11.0. The van der Waals surface area contributed by atoms with E-state index in [0.717, 1.165) is 34.4 Å². The lowest BCUT2D eigenvalue weighted by atomic mass is 10.1. The van der Waals surface area contributed by atoms with Crippen LogP contribution in [0.25, 0.3) is 10.9 Å². The van der Waals surface area contributed by atoms with Crippen molar-refractivity contribution < 1.29 is 14.3 Å². The zero-order valence-electron chi connectivity index (χ0n) is 14.2. The minimum absolute atomic E-state index is 0.0118. The third-order valence-electron chi connectivity index (χ3n) is 3.87. The second-order valence-electron chi connectivity index (χ2n) is 5.76. The highest BCUT2D eigenvalue weighted by Crippen LogP contribution is 2.24. The topological polar surface area (TPSA) is 63.4 Å². The van der Waals surface area contributed by atoms with Crippen molar-refractivity contribution in [2.24, 2.45) is 0 Å². The van der Waals surface area contributed by atoms with Gasteiger partial charge >= 0.3 is 0 Å². The fraction of sp³-hybridized carbons (Fsp3) is 0.250. The first kappa shape index (κ1) is 16.9. The van der Waals surface area contributed by atoms with E-state index in [1.54, 1.807) is 0 Å². The van der Waals surface area contributed by atoms with Gasteiger partial charge in [-0.15, -0.1) is 0 Å². The standard InChI is InChI=1S/C20H22N2O3/c1-15(23)21-10-9-16-14-22-20-8-7-18(13-19(16)20)25-12-11-24-17-5-3-2-4-6-17/h2-8,13-14,22H,9-12H2,1H3,(H,21,23). The van der Waals surface area contributed by atoms with Gasteiger partial charge in [-0.1, -0.05) is 18.2 Å². The number of hydrogen-bond donors (Lipinski definition) is 2. The Morgan fingerprint density at radius 3 is 2.56 bits per heavy atom. The molecule has 0 spiro atoms. The molecular formula is C20H22N2O3. The second-order valence-corrected chi connectivity index (χ2v) is 5.76. The first-order chi connectivity index (χ1) is 12.2. The lowest BCUT2D eigenvalue weighted by Gasteiger charge is -2.09. The lowest BCUT2D eigenvalue weighted by Crippen LogP contribution is -2.22. The summed E-state index contributed by atoms with van der Waals surface area (Å²) in [5.41, 5.74) is 2.22. The highest BCUT2D eigenvalue weighted by molar-refractivity contribution is 5.84. The molecule has 2 aromatic carbocycles. The Morgan fingerprint density at radius 2 is 1.80 bits per heavy atom. The van der Waals surface area contributed by atoms with Crippen LogP contribution in [-0.4, -0.2) is 30.6 Å². The van der Waals surface area contributed by atoms with Gasteiger partial charge in [0.25, 0.3) is 0 Å². The average Bonchev–Trinajstić information content (AvgIpc) is 3.02. The molecule has 2 N–H and O–H groups in total. The van der Waals surface area contributed by atoms with Gasteiger partial charge in [0, 0.05) is 30.6 Å². The number of aromatic nitrogens is 1. The summed E-state index contributed by atoms with van der Waals surface area (Å²) in [6.45, 7) is 3.12. The molecule has 0 aliphatic heterocycles. The van der Waals surface area contributed by atoms with Crippen molar-refractivity contribution in [1.82, 2.24) is 10.3 Å². The average molecular weight is 338 g/mol. The van der Waals surface area contributed by atoms with E-state index in [1.165, 1.54) is 6.92 Å². The zero-order valence-corrected chi connectivity index (χ0v) is 14.2. The molecule has 0 unspecified atom stereocenters. The summed E-state index contributed by atoms with van der Waals surface area (Å²) in [6, 6.07) is 15.7. The molecular weight excluding hydrogens is 316 g/mol. The fourth-order valence-corrected chi connectivity index (χ4v) is 2.66. The summed E-state index contributed by atoms with van der Waals surface area (Å²) >= 11 is 0. The number of carbonyl (C=O) groups is 1. The molecule has 0 aliphatic rings. The molecule has 5 heteroatoms. The summed E-state index contributed by atoms with van der Waals surface area (Å²) < 4.78 is 11.4. The van der Waals surface area contributed by atoms with Crippen molar-refractivity contribution >= 4 is 16.8 Å². The van der Waals surface area contributed by atoms with Crippen molar-refractivity contribution in [3.05, 3.63) is 60.3 Å². The van der Waals surface area contributed by atoms with Gasteiger partial charge in [-0.3, -0.25) is 4.79 Å². The van der Waals surface area contributed by atoms with E-state index in [2.05, 4.69) is 10.3 Å². The molecule has 0 atom stereocenters. The highest BCUT2D eigenvalue weighted by Gasteiger charge is 2.06. The Kier molecular flexibility index (Phi) is 5.57. The van der Waals surface area contributed by atoms with Crippen LogP contribution in [0.2, 0.25) is 0 Å². The predicted octanol–water partition coefficient (Wildman–Crippen LogP) is 3.30. The minimum atomic E-state index is -0.0118. The molecule has 1 heterocycles. The number of fused-ring (bicyclic) bond motifs is 1. The van der Waals surface area contributed by atoms with E-state index in [9.17, 15) is 4.79 Å². The van der Waals surface area contributed by atoms with Crippen LogP contribution >= 0.6 is 0 Å². The minimum Gasteiger partial charge on any atom is -0.490 e. The largest absolute Gasteiger partial charge is 0.490 e. The number of benzene rings is 2. The van der Waals surface area contributed by atoms with E-state index in [-0.39, 0.29) is 5.91 Å². The molecule has 1 aromatic heterocycles. The number of carbonyl (C=O) groups excluding carboxylic acids is 1. The molecule has 0 radical (unpaired) electrons. The molecule has 0 aliphatic carbocycles. The predicted molar refractivity (Wildman–Crippen MR) is 98.1 cm³/mol. The van der Waals surface area contributed by atoms with Crippen LogP contribution in [0.5, 0.6) is 11.5 Å². The lowest BCUT2D eigenvalue weighted by molar-refractivity contribution is -0.118. The first-order valence-corrected chi connectivity index (χ1v) is 8.37. The van der Waals surface area contributed by atoms with Crippen LogP contribution in [0.4, 0.5) is 0 Å². The molecule has 130 valence electrons. The molecule has 3 aromatic rings. The summed E-state index contributed by atoms with van der Waals surface area (Å²) in [5.74, 6) is 1.64. The number of rotatable bonds is 8. The van der Waals surface area contributed by atoms with Crippen molar-refractivity contribution in [2.75, 3.05) is 19.8 Å². The van der Waals surface area contributed by atoms with Crippen LogP contribution in [0.1, 0.15) is 12.5 Å². The van der Waals surface area contributed by atoms with E-state index in [4.69, 9.17) is 9.47 Å². The SMILES string of the molecule is CC(=O)NCCc1c[nH]c2ccc(OCCOc3ccccc3)cc12. The van der Waals surface area contributed by atoms with Crippen LogP contribution in [0.3, 0.4) is 0 Å². The molecule has 0 fully saturated rings. The highest BCUT2D eigenvalue weighted by atomic mass is 16.5. The molecule has 0 saturated carbocycles. The van der Waals surface area contributed by atoms with Gasteiger partial charge in [-0.25, -0.2) is 0 Å². The van der Waals surface area contributed by atoms with Crippen LogP contribution in [0.15, 0.2) is 54.7 Å². The van der Waals surface area contributed by atoms with E-state index in [0.29, 0.717) is 19.8 Å². The normalized spacial score (nSPS) is 10.6. The van der Waals surface area contributed by atoms with Gasteiger partial charge in [0.1, 0.15) is 24.7 Å². The first-order valence-electron chi connectivity index (χ1n) is 8.37. The summed E-state index contributed by atoms with van der Waals surface area (Å²) in [7, 11) is 0. The Labute approximate surface area is 147 Å². The maximum atomic E-state index is 11.0. The van der Waals surface area contributed by atoms with Crippen molar-refractivity contribution in [1.29, 1.82) is 0 Å². The number of ether oxygens (including phenoxy) is 2. The molecule has 25 heavy (non-hydrogen) atoms. The van der Waals surface area contributed by atoms with Crippen molar-refractivity contribution in [3.63, 3.8) is 0 Å². The smallest absolute Gasteiger partial charge is 0.216 e. The van der Waals surface area contributed by atoms with Crippen molar-refractivity contribution in [2.45, 2.75) is 13.3 Å². The van der Waals surface area contributed by atoms with Gasteiger partial charge in [0.15, 0.2) is 0 Å². The molecule has 0 saturated heterocycles. The fourth-order valence-electron chi connectivity index (χ4n) is 2.66. The van der Waals surface area contributed by atoms with E-state index in [1.807, 2.05) is 54.7 Å². The van der Waals surface area contributed by atoms with Gasteiger partial charge in [-0.2, -0.15) is 0 Å². The van der Waals surface area contributed by atoms with Crippen LogP contribution < -0.4 is 14.8 Å². The zero-order chi connectivity index (χ0) is 17.5. The number of amides is 1. The number of para-hydroxylation sites is 1. The van der Waals surface area contributed by atoms with Crippen LogP contribution in [0, 0.1) is 0 Å². The molecule has 5 nitrogen and oxygen atoms in total. The van der Waals surface area contributed by atoms with E-state index >= 15 is 0 Å². The monoisotopic (exact) mass is 338 g/mol. The molecule has 3 rings (SSSR count).